The lowest BCUT2D eigenvalue weighted by Crippen LogP contribution is -2.25. The fourth-order valence-electron chi connectivity index (χ4n) is 2.92. The lowest BCUT2D eigenvalue weighted by molar-refractivity contribution is -0.117. The number of esters is 1. The highest BCUT2D eigenvalue weighted by Gasteiger charge is 2.14. The van der Waals surface area contributed by atoms with Gasteiger partial charge in [0.25, 0.3) is 5.91 Å². The van der Waals surface area contributed by atoms with Gasteiger partial charge in [-0.05, 0) is 41.6 Å². The van der Waals surface area contributed by atoms with Crippen LogP contribution in [0.3, 0.4) is 0 Å². The summed E-state index contributed by atoms with van der Waals surface area (Å²) in [6, 6.07) is 10.3. The molecule has 0 aliphatic carbocycles. The van der Waals surface area contributed by atoms with Crippen molar-refractivity contribution in [2.75, 3.05) is 13.7 Å². The van der Waals surface area contributed by atoms with Crippen LogP contribution in [0.2, 0.25) is 0 Å². The molecule has 0 fully saturated rings. The van der Waals surface area contributed by atoms with Crippen molar-refractivity contribution in [1.82, 2.24) is 5.32 Å². The molecule has 0 spiro atoms. The second-order valence-corrected chi connectivity index (χ2v) is 7.92. The molecule has 0 aliphatic rings. The topological polar surface area (TPSA) is 88.4 Å². The molecule has 0 saturated heterocycles. The first-order chi connectivity index (χ1) is 15.1. The largest absolute Gasteiger partial charge is 0.493 e. The van der Waals surface area contributed by atoms with Gasteiger partial charge in [-0.2, -0.15) is 5.26 Å². The Morgan fingerprint density at radius 1 is 1.13 bits per heavy atom. The van der Waals surface area contributed by atoms with Crippen molar-refractivity contribution in [3.63, 3.8) is 0 Å². The number of benzene rings is 1. The molecule has 1 N–H and O–H groups in total. The summed E-state index contributed by atoms with van der Waals surface area (Å²) < 4.78 is 10.7. The lowest BCUT2D eigenvalue weighted by atomic mass is 10.1. The van der Waals surface area contributed by atoms with E-state index in [1.54, 1.807) is 35.7 Å². The van der Waals surface area contributed by atoms with Gasteiger partial charge in [0.1, 0.15) is 16.5 Å². The first kappa shape index (κ1) is 24.2. The van der Waals surface area contributed by atoms with Crippen LogP contribution in [0.1, 0.15) is 60.7 Å². The van der Waals surface area contributed by atoms with Gasteiger partial charge in [-0.15, -0.1) is 11.3 Å². The lowest BCUT2D eigenvalue weighted by Gasteiger charge is -2.10. The number of carbonyl (C=O) groups is 2. The highest BCUT2D eigenvalue weighted by atomic mass is 32.1. The van der Waals surface area contributed by atoms with Crippen LogP contribution in [0, 0.1) is 11.3 Å². The average molecular weight is 441 g/mol. The van der Waals surface area contributed by atoms with E-state index < -0.39 is 11.9 Å². The molecule has 1 heterocycles. The zero-order valence-electron chi connectivity index (χ0n) is 18.0. The molecule has 0 atom stereocenters. The number of carbonyl (C=O) groups excluding carboxylic acids is 2. The van der Waals surface area contributed by atoms with Crippen molar-refractivity contribution in [1.29, 1.82) is 5.26 Å². The molecule has 2 rings (SSSR count). The Labute approximate surface area is 187 Å². The van der Waals surface area contributed by atoms with E-state index in [2.05, 4.69) is 12.2 Å². The molecule has 0 bridgehead atoms. The minimum Gasteiger partial charge on any atom is -0.493 e. The van der Waals surface area contributed by atoms with Crippen molar-refractivity contribution < 1.29 is 19.1 Å². The SMILES string of the molecule is CCCCCCCCNC(=O)/C(C#N)=C\c1ccc(OC(=O)c2cccs2)c(OC)c1. The van der Waals surface area contributed by atoms with E-state index in [1.165, 1.54) is 43.8 Å². The summed E-state index contributed by atoms with van der Waals surface area (Å²) in [4.78, 5) is 25.0. The summed E-state index contributed by atoms with van der Waals surface area (Å²) in [5.74, 6) is -0.265. The van der Waals surface area contributed by atoms with Gasteiger partial charge >= 0.3 is 5.97 Å². The molecule has 0 aliphatic heterocycles. The molecule has 1 aromatic heterocycles. The second kappa shape index (κ2) is 13.2. The minimum atomic E-state index is -0.469. The number of hydrogen-bond acceptors (Lipinski definition) is 6. The Bertz CT molecular complexity index is 930. The summed E-state index contributed by atoms with van der Waals surface area (Å²) in [5.41, 5.74) is 0.607. The highest BCUT2D eigenvalue weighted by molar-refractivity contribution is 7.12. The zero-order valence-corrected chi connectivity index (χ0v) is 18.8. The number of hydrogen-bond donors (Lipinski definition) is 1. The number of methoxy groups -OCH3 is 1. The number of amides is 1. The summed E-state index contributed by atoms with van der Waals surface area (Å²) in [7, 11) is 1.46. The van der Waals surface area contributed by atoms with Gasteiger partial charge in [-0.1, -0.05) is 51.2 Å². The van der Waals surface area contributed by atoms with Gasteiger partial charge in [0.15, 0.2) is 11.5 Å². The third-order valence-corrected chi connectivity index (χ3v) is 5.45. The number of nitrogens with one attached hydrogen (secondary N) is 1. The van der Waals surface area contributed by atoms with E-state index in [-0.39, 0.29) is 11.3 Å². The third-order valence-electron chi connectivity index (χ3n) is 4.60. The maximum Gasteiger partial charge on any atom is 0.353 e. The summed E-state index contributed by atoms with van der Waals surface area (Å²) in [6.07, 6.45) is 8.27. The smallest absolute Gasteiger partial charge is 0.353 e. The number of rotatable bonds is 12. The van der Waals surface area contributed by atoms with Gasteiger partial charge in [-0.25, -0.2) is 4.79 Å². The zero-order chi connectivity index (χ0) is 22.5. The molecular formula is C24H28N2O4S. The van der Waals surface area contributed by atoms with E-state index >= 15 is 0 Å². The number of thiophene rings is 1. The predicted octanol–water partition coefficient (Wildman–Crippen LogP) is 5.36. The van der Waals surface area contributed by atoms with Gasteiger partial charge in [0.2, 0.25) is 0 Å². The van der Waals surface area contributed by atoms with Crippen molar-refractivity contribution in [3.8, 4) is 17.6 Å². The Morgan fingerprint density at radius 2 is 1.90 bits per heavy atom. The molecule has 0 unspecified atom stereocenters. The fraction of sp³-hybridized carbons (Fsp3) is 0.375. The number of nitriles is 1. The van der Waals surface area contributed by atoms with E-state index in [4.69, 9.17) is 9.47 Å². The van der Waals surface area contributed by atoms with Crippen LogP contribution in [0.25, 0.3) is 6.08 Å². The fourth-order valence-corrected chi connectivity index (χ4v) is 3.52. The summed E-state index contributed by atoms with van der Waals surface area (Å²) >= 11 is 1.29. The average Bonchev–Trinajstić information content (AvgIpc) is 3.32. The molecule has 164 valence electrons. The Balaban J connectivity index is 1.97. The van der Waals surface area contributed by atoms with Crippen LogP contribution in [0.4, 0.5) is 0 Å². The van der Waals surface area contributed by atoms with Crippen LogP contribution in [-0.2, 0) is 4.79 Å². The molecule has 2 aromatic rings. The van der Waals surface area contributed by atoms with Gasteiger partial charge < -0.3 is 14.8 Å². The summed E-state index contributed by atoms with van der Waals surface area (Å²) in [5, 5.41) is 14.0. The van der Waals surface area contributed by atoms with Crippen molar-refractivity contribution in [3.05, 3.63) is 51.7 Å². The Morgan fingerprint density at radius 3 is 2.58 bits per heavy atom. The van der Waals surface area contributed by atoms with Gasteiger partial charge in [0.05, 0.1) is 7.11 Å². The maximum absolute atomic E-state index is 12.3. The molecule has 6 nitrogen and oxygen atoms in total. The summed E-state index contributed by atoms with van der Waals surface area (Å²) in [6.45, 7) is 2.72. The number of ether oxygens (including phenoxy) is 2. The Hall–Kier alpha value is -3.11. The molecule has 1 aromatic carbocycles. The molecule has 0 saturated carbocycles. The second-order valence-electron chi connectivity index (χ2n) is 6.97. The maximum atomic E-state index is 12.3. The quantitative estimate of drug-likeness (QED) is 0.158. The third kappa shape index (κ3) is 7.91. The highest BCUT2D eigenvalue weighted by Crippen LogP contribution is 2.30. The number of unbranched alkanes of at least 4 members (excludes halogenated alkanes) is 5. The molecule has 1 amide bonds. The first-order valence-electron chi connectivity index (χ1n) is 10.4. The number of nitrogens with zero attached hydrogens (tertiary/aromatic N) is 1. The first-order valence-corrected chi connectivity index (χ1v) is 11.3. The van der Waals surface area contributed by atoms with Crippen LogP contribution in [-0.4, -0.2) is 25.5 Å². The van der Waals surface area contributed by atoms with Crippen LogP contribution in [0.15, 0.2) is 41.3 Å². The monoisotopic (exact) mass is 440 g/mol. The standard InChI is InChI=1S/C24H28N2O4S/c1-3-4-5-6-7-8-13-26-23(27)19(17-25)15-18-11-12-20(21(16-18)29-2)30-24(28)22-10-9-14-31-22/h9-12,14-16H,3-8,13H2,1-2H3,(H,26,27)/b19-15-. The van der Waals surface area contributed by atoms with Crippen molar-refractivity contribution >= 4 is 29.3 Å². The van der Waals surface area contributed by atoms with Crippen molar-refractivity contribution in [2.45, 2.75) is 45.4 Å². The van der Waals surface area contributed by atoms with Crippen LogP contribution in [0.5, 0.6) is 11.5 Å². The minimum absolute atomic E-state index is 0.0105. The molecule has 7 heteroatoms. The van der Waals surface area contributed by atoms with E-state index in [1.807, 2.05) is 6.07 Å². The van der Waals surface area contributed by atoms with Crippen molar-refractivity contribution in [2.24, 2.45) is 0 Å². The molecule has 0 radical (unpaired) electrons. The van der Waals surface area contributed by atoms with E-state index in [9.17, 15) is 14.9 Å². The van der Waals surface area contributed by atoms with E-state index in [0.717, 1.165) is 19.3 Å². The van der Waals surface area contributed by atoms with E-state index in [0.29, 0.717) is 22.7 Å². The normalized spacial score (nSPS) is 10.9. The predicted molar refractivity (Wildman–Crippen MR) is 122 cm³/mol. The van der Waals surface area contributed by atoms with Crippen LogP contribution < -0.4 is 14.8 Å². The van der Waals surface area contributed by atoms with Gasteiger partial charge in [-0.3, -0.25) is 4.79 Å². The van der Waals surface area contributed by atoms with Crippen LogP contribution >= 0.6 is 11.3 Å². The molecule has 31 heavy (non-hydrogen) atoms. The Kier molecular flexibility index (Phi) is 10.3. The van der Waals surface area contributed by atoms with Gasteiger partial charge in [0, 0.05) is 6.54 Å². The molecular weight excluding hydrogens is 412 g/mol.